The first-order valence-corrected chi connectivity index (χ1v) is 9.61. The fourth-order valence-corrected chi connectivity index (χ4v) is 3.65. The summed E-state index contributed by atoms with van der Waals surface area (Å²) in [6, 6.07) is 8.49. The Kier molecular flexibility index (Phi) is 5.42. The summed E-state index contributed by atoms with van der Waals surface area (Å²) in [5.41, 5.74) is 0.528. The molecule has 1 fully saturated rings. The van der Waals surface area contributed by atoms with Gasteiger partial charge in [0.15, 0.2) is 0 Å². The molecule has 0 aliphatic carbocycles. The molecule has 0 spiro atoms. The predicted molar refractivity (Wildman–Crippen MR) is 105 cm³/mol. The van der Waals surface area contributed by atoms with Crippen LogP contribution in [0.3, 0.4) is 0 Å². The highest BCUT2D eigenvalue weighted by molar-refractivity contribution is 6.30. The number of halogens is 4. The number of benzene rings is 1. The molecule has 10 heteroatoms. The summed E-state index contributed by atoms with van der Waals surface area (Å²) in [4.78, 5) is 3.87. The van der Waals surface area contributed by atoms with Gasteiger partial charge in [0.2, 0.25) is 0 Å². The molecule has 1 aliphatic heterocycles. The Labute approximate surface area is 176 Å². The van der Waals surface area contributed by atoms with Gasteiger partial charge in [-0.25, -0.2) is 0 Å². The molecule has 0 amide bonds. The van der Waals surface area contributed by atoms with Crippen LogP contribution in [0.5, 0.6) is 0 Å². The summed E-state index contributed by atoms with van der Waals surface area (Å²) in [6.45, 7) is 1.00. The van der Waals surface area contributed by atoms with Crippen LogP contribution in [0.25, 0.3) is 0 Å². The van der Waals surface area contributed by atoms with Gasteiger partial charge in [0.25, 0.3) is 0 Å². The highest BCUT2D eigenvalue weighted by Crippen LogP contribution is 2.37. The zero-order chi connectivity index (χ0) is 21.4. The van der Waals surface area contributed by atoms with Gasteiger partial charge in [0.1, 0.15) is 12.2 Å². The molecule has 0 atom stereocenters. The molecule has 4 rings (SSSR count). The lowest BCUT2D eigenvalue weighted by molar-refractivity contribution is -0.138. The number of nitrogens with zero attached hydrogens (tertiary/aromatic N) is 4. The van der Waals surface area contributed by atoms with Crippen molar-refractivity contribution in [1.29, 1.82) is 0 Å². The van der Waals surface area contributed by atoms with Crippen molar-refractivity contribution < 1.29 is 17.9 Å². The van der Waals surface area contributed by atoms with E-state index in [9.17, 15) is 13.2 Å². The monoisotopic (exact) mass is 437 g/mol. The maximum absolute atomic E-state index is 13.3. The van der Waals surface area contributed by atoms with Crippen LogP contribution >= 0.6 is 11.6 Å². The summed E-state index contributed by atoms with van der Waals surface area (Å²) in [5, 5.41) is 11.1. The largest absolute Gasteiger partial charge is 0.418 e. The summed E-state index contributed by atoms with van der Waals surface area (Å²) < 4.78 is 47.2. The second-order valence-electron chi connectivity index (χ2n) is 7.39. The fourth-order valence-electron chi connectivity index (χ4n) is 3.49. The second-order valence-corrected chi connectivity index (χ2v) is 7.82. The molecule has 30 heavy (non-hydrogen) atoms. The lowest BCUT2D eigenvalue weighted by Gasteiger charge is -2.41. The molecular weight excluding hydrogens is 419 g/mol. The Morgan fingerprint density at radius 3 is 2.70 bits per heavy atom. The third-order valence-corrected chi connectivity index (χ3v) is 5.44. The van der Waals surface area contributed by atoms with Gasteiger partial charge in [-0.2, -0.15) is 13.2 Å². The minimum absolute atomic E-state index is 0.0521. The normalized spacial score (nSPS) is 15.6. The third kappa shape index (κ3) is 4.13. The molecule has 3 aromatic rings. The van der Waals surface area contributed by atoms with Crippen molar-refractivity contribution in [2.24, 2.45) is 7.05 Å². The van der Waals surface area contributed by atoms with E-state index in [1.807, 2.05) is 35.9 Å². The number of rotatable bonds is 6. The van der Waals surface area contributed by atoms with Crippen LogP contribution in [-0.2, 0) is 36.3 Å². The average molecular weight is 438 g/mol. The molecule has 1 saturated heterocycles. The van der Waals surface area contributed by atoms with Crippen molar-refractivity contribution in [3.05, 3.63) is 70.5 Å². The van der Waals surface area contributed by atoms with E-state index in [2.05, 4.69) is 20.5 Å². The molecule has 0 radical (unpaired) electrons. The minimum Gasteiger partial charge on any atom is -0.379 e. The Bertz CT molecular complexity index is 1050. The van der Waals surface area contributed by atoms with E-state index in [-0.39, 0.29) is 22.7 Å². The van der Waals surface area contributed by atoms with E-state index >= 15 is 0 Å². The Morgan fingerprint density at radius 2 is 2.07 bits per heavy atom. The lowest BCUT2D eigenvalue weighted by atomic mass is 9.75. The molecule has 158 valence electrons. The van der Waals surface area contributed by atoms with Crippen LogP contribution in [0.2, 0.25) is 5.02 Å². The minimum atomic E-state index is -4.53. The SMILES string of the molecule is Cn1cnnc1CC1(c2cccc(NCc3ncc(Cl)cc3C(F)(F)F)c2)COC1. The van der Waals surface area contributed by atoms with Crippen LogP contribution in [0.4, 0.5) is 18.9 Å². The predicted octanol–water partition coefficient (Wildman–Crippen LogP) is 4.01. The zero-order valence-electron chi connectivity index (χ0n) is 16.1. The van der Waals surface area contributed by atoms with Gasteiger partial charge in [-0.1, -0.05) is 23.7 Å². The van der Waals surface area contributed by atoms with Gasteiger partial charge < -0.3 is 14.6 Å². The third-order valence-electron chi connectivity index (χ3n) is 5.24. The zero-order valence-corrected chi connectivity index (χ0v) is 16.8. The van der Waals surface area contributed by atoms with Crippen molar-refractivity contribution in [2.75, 3.05) is 18.5 Å². The molecule has 1 aliphatic rings. The van der Waals surface area contributed by atoms with E-state index in [1.54, 1.807) is 6.33 Å². The van der Waals surface area contributed by atoms with Gasteiger partial charge in [0.05, 0.1) is 36.0 Å². The lowest BCUT2D eigenvalue weighted by Crippen LogP contribution is -2.49. The Morgan fingerprint density at radius 1 is 1.27 bits per heavy atom. The Balaban J connectivity index is 1.54. The fraction of sp³-hybridized carbons (Fsp3) is 0.350. The first kappa shape index (κ1) is 20.6. The smallest absolute Gasteiger partial charge is 0.379 e. The van der Waals surface area contributed by atoms with E-state index < -0.39 is 11.7 Å². The van der Waals surface area contributed by atoms with Crippen LogP contribution in [0.1, 0.15) is 22.6 Å². The van der Waals surface area contributed by atoms with Crippen molar-refractivity contribution >= 4 is 17.3 Å². The van der Waals surface area contributed by atoms with E-state index in [1.165, 1.54) is 6.20 Å². The van der Waals surface area contributed by atoms with Crippen LogP contribution in [0, 0.1) is 0 Å². The Hall–Kier alpha value is -2.65. The van der Waals surface area contributed by atoms with Gasteiger partial charge in [-0.15, -0.1) is 10.2 Å². The first-order valence-electron chi connectivity index (χ1n) is 9.23. The number of nitrogens with one attached hydrogen (secondary N) is 1. The highest BCUT2D eigenvalue weighted by Gasteiger charge is 2.41. The quantitative estimate of drug-likeness (QED) is 0.631. The topological polar surface area (TPSA) is 64.9 Å². The molecular formula is C20H19ClF3N5O. The van der Waals surface area contributed by atoms with E-state index in [4.69, 9.17) is 16.3 Å². The van der Waals surface area contributed by atoms with Crippen molar-refractivity contribution in [1.82, 2.24) is 19.7 Å². The van der Waals surface area contributed by atoms with Gasteiger partial charge in [-0.3, -0.25) is 4.98 Å². The number of hydrogen-bond acceptors (Lipinski definition) is 5. The highest BCUT2D eigenvalue weighted by atomic mass is 35.5. The molecule has 1 aromatic carbocycles. The number of hydrogen-bond donors (Lipinski definition) is 1. The van der Waals surface area contributed by atoms with Gasteiger partial charge in [-0.05, 0) is 23.8 Å². The summed E-state index contributed by atoms with van der Waals surface area (Å²) in [6.07, 6.45) is -1.01. The molecule has 3 heterocycles. The van der Waals surface area contributed by atoms with Gasteiger partial charge >= 0.3 is 6.18 Å². The van der Waals surface area contributed by atoms with Crippen molar-refractivity contribution in [2.45, 2.75) is 24.6 Å². The van der Waals surface area contributed by atoms with Crippen molar-refractivity contribution in [3.63, 3.8) is 0 Å². The number of pyridine rings is 1. The van der Waals surface area contributed by atoms with Crippen LogP contribution in [-0.4, -0.2) is 33.0 Å². The molecule has 0 saturated carbocycles. The molecule has 0 bridgehead atoms. The van der Waals surface area contributed by atoms with E-state index in [0.717, 1.165) is 17.5 Å². The molecule has 2 aromatic heterocycles. The number of alkyl halides is 3. The molecule has 1 N–H and O–H groups in total. The maximum Gasteiger partial charge on any atom is 0.418 e. The van der Waals surface area contributed by atoms with Crippen molar-refractivity contribution in [3.8, 4) is 0 Å². The average Bonchev–Trinajstić information content (AvgIpc) is 3.07. The molecule has 6 nitrogen and oxygen atoms in total. The number of anilines is 1. The summed E-state index contributed by atoms with van der Waals surface area (Å²) in [5.74, 6) is 0.844. The first-order chi connectivity index (χ1) is 14.3. The number of ether oxygens (including phenoxy) is 1. The van der Waals surface area contributed by atoms with Crippen LogP contribution < -0.4 is 5.32 Å². The standard InChI is InChI=1S/C20H19ClF3N5O/c1-29-12-27-28-18(29)7-19(10-30-11-19)13-3-2-4-15(5-13)25-9-17-16(20(22,23)24)6-14(21)8-26-17/h2-6,8,12,25H,7,9-11H2,1H3. The number of aryl methyl sites for hydroxylation is 1. The maximum atomic E-state index is 13.3. The summed E-state index contributed by atoms with van der Waals surface area (Å²) >= 11 is 5.70. The van der Waals surface area contributed by atoms with Crippen LogP contribution in [0.15, 0.2) is 42.9 Å². The molecule has 0 unspecified atom stereocenters. The second kappa shape index (κ2) is 7.88. The summed E-state index contributed by atoms with van der Waals surface area (Å²) in [7, 11) is 1.89. The van der Waals surface area contributed by atoms with E-state index in [0.29, 0.717) is 25.3 Å². The number of aromatic nitrogens is 4. The van der Waals surface area contributed by atoms with Gasteiger partial charge in [0, 0.05) is 30.8 Å².